The first kappa shape index (κ1) is 13.1. The molecule has 0 saturated heterocycles. The van der Waals surface area contributed by atoms with Crippen molar-refractivity contribution in [2.24, 2.45) is 0 Å². The second-order valence-corrected chi connectivity index (χ2v) is 4.35. The number of hydrogen-bond acceptors (Lipinski definition) is 4. The van der Waals surface area contributed by atoms with Gasteiger partial charge in [0.2, 0.25) is 6.29 Å². The maximum atomic E-state index is 12.0. The van der Waals surface area contributed by atoms with Gasteiger partial charge in [-0.25, -0.2) is 0 Å². The van der Waals surface area contributed by atoms with Crippen molar-refractivity contribution < 1.29 is 19.0 Å². The summed E-state index contributed by atoms with van der Waals surface area (Å²) >= 11 is 0. The summed E-state index contributed by atoms with van der Waals surface area (Å²) in [4.78, 5) is 12.0. The van der Waals surface area contributed by atoms with E-state index in [0.29, 0.717) is 13.0 Å². The van der Waals surface area contributed by atoms with E-state index in [4.69, 9.17) is 14.2 Å². The number of para-hydroxylation sites is 1. The van der Waals surface area contributed by atoms with Gasteiger partial charge in [-0.3, -0.25) is 4.79 Å². The molecular formula is C14H18O4. The fraction of sp³-hybridized carbons (Fsp3) is 0.500. The molecule has 1 aliphatic heterocycles. The predicted molar refractivity (Wildman–Crippen MR) is 66.7 cm³/mol. The molecule has 0 radical (unpaired) electrons. The van der Waals surface area contributed by atoms with Crippen LogP contribution in [0.3, 0.4) is 0 Å². The number of carbonyl (C=O) groups excluding carboxylic acids is 1. The van der Waals surface area contributed by atoms with Crippen molar-refractivity contribution in [2.75, 3.05) is 20.8 Å². The summed E-state index contributed by atoms with van der Waals surface area (Å²) in [6.07, 6.45) is 0.510. The van der Waals surface area contributed by atoms with E-state index in [9.17, 15) is 4.79 Å². The van der Waals surface area contributed by atoms with E-state index in [1.54, 1.807) is 0 Å². The highest BCUT2D eigenvalue weighted by Crippen LogP contribution is 2.35. The van der Waals surface area contributed by atoms with E-state index >= 15 is 0 Å². The molecule has 98 valence electrons. The smallest absolute Gasteiger partial charge is 0.217 e. The largest absolute Gasteiger partial charge is 0.493 e. The van der Waals surface area contributed by atoms with Gasteiger partial charge in [0.05, 0.1) is 6.61 Å². The summed E-state index contributed by atoms with van der Waals surface area (Å²) in [6.45, 7) is 0.652. The lowest BCUT2D eigenvalue weighted by Crippen LogP contribution is -2.27. The Labute approximate surface area is 107 Å². The molecule has 0 aromatic heterocycles. The summed E-state index contributed by atoms with van der Waals surface area (Å²) in [5, 5.41) is 0. The van der Waals surface area contributed by atoms with Crippen LogP contribution in [0.25, 0.3) is 0 Å². The molecule has 1 aromatic carbocycles. The maximum Gasteiger partial charge on any atom is 0.217 e. The molecule has 2 rings (SSSR count). The first-order valence-electron chi connectivity index (χ1n) is 6.06. The van der Waals surface area contributed by atoms with Crippen LogP contribution in [-0.4, -0.2) is 32.9 Å². The van der Waals surface area contributed by atoms with E-state index in [2.05, 4.69) is 0 Å². The Bertz CT molecular complexity index is 412. The molecule has 0 fully saturated rings. The highest BCUT2D eigenvalue weighted by atomic mass is 16.7. The van der Waals surface area contributed by atoms with Crippen molar-refractivity contribution in [3.63, 3.8) is 0 Å². The number of Topliss-reactive ketones (excluding diaryl/α,β-unsaturated/α-hetero) is 1. The highest BCUT2D eigenvalue weighted by Gasteiger charge is 2.26. The number of fused-ring (bicyclic) bond motifs is 1. The van der Waals surface area contributed by atoms with Crippen molar-refractivity contribution in [3.8, 4) is 5.75 Å². The van der Waals surface area contributed by atoms with Gasteiger partial charge in [0.1, 0.15) is 5.75 Å². The van der Waals surface area contributed by atoms with Gasteiger partial charge in [0, 0.05) is 20.6 Å². The van der Waals surface area contributed by atoms with Crippen LogP contribution in [0, 0.1) is 0 Å². The third kappa shape index (κ3) is 2.71. The minimum absolute atomic E-state index is 0.0262. The Morgan fingerprint density at radius 2 is 2.11 bits per heavy atom. The number of benzene rings is 1. The quantitative estimate of drug-likeness (QED) is 0.751. The first-order valence-corrected chi connectivity index (χ1v) is 6.06. The molecule has 1 heterocycles. The van der Waals surface area contributed by atoms with Gasteiger partial charge in [-0.1, -0.05) is 18.2 Å². The first-order chi connectivity index (χ1) is 8.76. The Hall–Kier alpha value is -1.39. The summed E-state index contributed by atoms with van der Waals surface area (Å²) in [6, 6.07) is 7.86. The Morgan fingerprint density at radius 1 is 1.39 bits per heavy atom. The normalized spacial score (nSPS) is 18.3. The lowest BCUT2D eigenvalue weighted by atomic mass is 9.88. The molecule has 4 nitrogen and oxygen atoms in total. The van der Waals surface area contributed by atoms with Crippen LogP contribution in [-0.2, 0) is 14.3 Å². The molecule has 0 bridgehead atoms. The zero-order valence-corrected chi connectivity index (χ0v) is 10.7. The third-order valence-electron chi connectivity index (χ3n) is 3.22. The maximum absolute atomic E-state index is 12.0. The molecule has 1 unspecified atom stereocenters. The van der Waals surface area contributed by atoms with E-state index in [0.717, 1.165) is 17.7 Å². The van der Waals surface area contributed by atoms with Crippen molar-refractivity contribution in [1.29, 1.82) is 0 Å². The SMILES string of the molecule is COC(OC)C(=O)CC1CCOc2ccccc21. The van der Waals surface area contributed by atoms with E-state index < -0.39 is 6.29 Å². The average Bonchev–Trinajstić information content (AvgIpc) is 2.40. The van der Waals surface area contributed by atoms with Crippen molar-refractivity contribution >= 4 is 5.78 Å². The average molecular weight is 250 g/mol. The van der Waals surface area contributed by atoms with Crippen LogP contribution in [0.5, 0.6) is 5.75 Å². The minimum atomic E-state index is -0.764. The van der Waals surface area contributed by atoms with Gasteiger partial charge in [-0.05, 0) is 24.0 Å². The molecule has 18 heavy (non-hydrogen) atoms. The topological polar surface area (TPSA) is 44.8 Å². The lowest BCUT2D eigenvalue weighted by molar-refractivity contribution is -0.157. The van der Waals surface area contributed by atoms with Crippen LogP contribution in [0.15, 0.2) is 24.3 Å². The zero-order valence-electron chi connectivity index (χ0n) is 10.7. The van der Waals surface area contributed by atoms with Crippen molar-refractivity contribution in [1.82, 2.24) is 0 Å². The fourth-order valence-corrected chi connectivity index (χ4v) is 2.33. The lowest BCUT2D eigenvalue weighted by Gasteiger charge is -2.26. The van der Waals surface area contributed by atoms with Gasteiger partial charge in [-0.15, -0.1) is 0 Å². The van der Waals surface area contributed by atoms with Crippen molar-refractivity contribution in [2.45, 2.75) is 25.0 Å². The molecule has 1 aliphatic rings. The van der Waals surface area contributed by atoms with E-state index in [1.807, 2.05) is 24.3 Å². The summed E-state index contributed by atoms with van der Waals surface area (Å²) in [7, 11) is 2.95. The van der Waals surface area contributed by atoms with E-state index in [-0.39, 0.29) is 11.7 Å². The fourth-order valence-electron chi connectivity index (χ4n) is 2.33. The Kier molecular flexibility index (Phi) is 4.33. The summed E-state index contributed by atoms with van der Waals surface area (Å²) in [5.74, 6) is 1.05. The molecular weight excluding hydrogens is 232 g/mol. The summed E-state index contributed by atoms with van der Waals surface area (Å²) in [5.41, 5.74) is 1.10. The summed E-state index contributed by atoms with van der Waals surface area (Å²) < 4.78 is 15.6. The number of rotatable bonds is 5. The molecule has 0 amide bonds. The van der Waals surface area contributed by atoms with Gasteiger partial charge < -0.3 is 14.2 Å². The number of carbonyl (C=O) groups is 1. The zero-order chi connectivity index (χ0) is 13.0. The minimum Gasteiger partial charge on any atom is -0.493 e. The van der Waals surface area contributed by atoms with Crippen LogP contribution >= 0.6 is 0 Å². The van der Waals surface area contributed by atoms with Gasteiger partial charge in [0.25, 0.3) is 0 Å². The number of ether oxygens (including phenoxy) is 3. The third-order valence-corrected chi connectivity index (χ3v) is 3.22. The van der Waals surface area contributed by atoms with Crippen LogP contribution in [0.2, 0.25) is 0 Å². The standard InChI is InChI=1S/C14H18O4/c1-16-14(17-2)12(15)9-10-7-8-18-13-6-4-3-5-11(10)13/h3-6,10,14H,7-9H2,1-2H3. The van der Waals surface area contributed by atoms with Crippen LogP contribution in [0.4, 0.5) is 0 Å². The number of ketones is 1. The van der Waals surface area contributed by atoms with Gasteiger partial charge in [-0.2, -0.15) is 0 Å². The molecule has 0 N–H and O–H groups in total. The molecule has 1 aromatic rings. The molecule has 0 spiro atoms. The van der Waals surface area contributed by atoms with Gasteiger partial charge >= 0.3 is 0 Å². The Balaban J connectivity index is 2.09. The molecule has 4 heteroatoms. The highest BCUT2D eigenvalue weighted by molar-refractivity contribution is 5.82. The molecule has 0 aliphatic carbocycles. The number of hydrogen-bond donors (Lipinski definition) is 0. The monoisotopic (exact) mass is 250 g/mol. The Morgan fingerprint density at radius 3 is 2.83 bits per heavy atom. The molecule has 1 atom stereocenters. The van der Waals surface area contributed by atoms with Gasteiger partial charge in [0.15, 0.2) is 5.78 Å². The van der Waals surface area contributed by atoms with E-state index in [1.165, 1.54) is 14.2 Å². The van der Waals surface area contributed by atoms with Crippen molar-refractivity contribution in [3.05, 3.63) is 29.8 Å². The van der Waals surface area contributed by atoms with Crippen LogP contribution in [0.1, 0.15) is 24.3 Å². The van der Waals surface area contributed by atoms with Crippen LogP contribution < -0.4 is 4.74 Å². The second kappa shape index (κ2) is 5.98. The predicted octanol–water partition coefficient (Wildman–Crippen LogP) is 2.13. The number of methoxy groups -OCH3 is 2. The molecule has 0 saturated carbocycles. The second-order valence-electron chi connectivity index (χ2n) is 4.35.